The minimum atomic E-state index is -3.91. The molecule has 0 bridgehead atoms. The van der Waals surface area contributed by atoms with Gasteiger partial charge >= 0.3 is 0 Å². The van der Waals surface area contributed by atoms with E-state index in [1.54, 1.807) is 42.5 Å². The van der Waals surface area contributed by atoms with Crippen molar-refractivity contribution in [3.05, 3.63) is 90.0 Å². The second-order valence-electron chi connectivity index (χ2n) is 9.21. The summed E-state index contributed by atoms with van der Waals surface area (Å²) < 4.78 is 28.1. The van der Waals surface area contributed by atoms with Crippen molar-refractivity contribution >= 4 is 27.3 Å². The third-order valence-corrected chi connectivity index (χ3v) is 8.15. The lowest BCUT2D eigenvalue weighted by atomic mass is 10.0. The lowest BCUT2D eigenvalue weighted by Gasteiger charge is -2.24. The maximum atomic E-state index is 13.5. The molecule has 0 unspecified atom stereocenters. The number of benzene rings is 3. The molecule has 184 valence electrons. The van der Waals surface area contributed by atoms with Gasteiger partial charge in [-0.3, -0.25) is 9.10 Å². The third kappa shape index (κ3) is 6.03. The summed E-state index contributed by atoms with van der Waals surface area (Å²) >= 11 is 0. The minimum Gasteiger partial charge on any atom is -0.372 e. The van der Waals surface area contributed by atoms with Gasteiger partial charge in [-0.05, 0) is 66.3 Å². The van der Waals surface area contributed by atoms with Gasteiger partial charge in [0.25, 0.3) is 10.0 Å². The molecule has 0 spiro atoms. The molecule has 4 rings (SSSR count). The van der Waals surface area contributed by atoms with Crippen molar-refractivity contribution in [2.45, 2.75) is 44.0 Å². The van der Waals surface area contributed by atoms with Gasteiger partial charge < -0.3 is 10.2 Å². The lowest BCUT2D eigenvalue weighted by Crippen LogP contribution is -2.40. The van der Waals surface area contributed by atoms with Gasteiger partial charge in [0.15, 0.2) is 0 Å². The number of hydrogen-bond acceptors (Lipinski definition) is 4. The molecule has 1 fully saturated rings. The van der Waals surface area contributed by atoms with Crippen LogP contribution in [0.25, 0.3) is 0 Å². The van der Waals surface area contributed by atoms with Gasteiger partial charge in [0.2, 0.25) is 5.91 Å². The van der Waals surface area contributed by atoms with E-state index in [9.17, 15) is 13.2 Å². The van der Waals surface area contributed by atoms with Gasteiger partial charge in [0.1, 0.15) is 6.54 Å². The van der Waals surface area contributed by atoms with Crippen LogP contribution < -0.4 is 14.5 Å². The molecular weight excluding hydrogens is 458 g/mol. The molecule has 1 N–H and O–H groups in total. The highest BCUT2D eigenvalue weighted by Gasteiger charge is 2.27. The van der Waals surface area contributed by atoms with Crippen molar-refractivity contribution in [2.75, 3.05) is 28.8 Å². The smallest absolute Gasteiger partial charge is 0.264 e. The zero-order chi connectivity index (χ0) is 24.8. The molecule has 1 saturated heterocycles. The van der Waals surface area contributed by atoms with Crippen molar-refractivity contribution in [1.82, 2.24) is 5.32 Å². The molecule has 0 radical (unpaired) electrons. The summed E-state index contributed by atoms with van der Waals surface area (Å²) in [7, 11) is -3.91. The van der Waals surface area contributed by atoms with Crippen molar-refractivity contribution in [2.24, 2.45) is 0 Å². The van der Waals surface area contributed by atoms with Crippen LogP contribution in [-0.2, 0) is 21.4 Å². The molecule has 0 aromatic heterocycles. The van der Waals surface area contributed by atoms with Gasteiger partial charge in [-0.1, -0.05) is 56.3 Å². The standard InChI is InChI=1S/C28H33N3O3S/c1-22(2)24-12-16-26(17-13-24)31(35(33,34)27-8-4-3-5-9-27)21-28(32)29-20-23-10-14-25(15-11-23)30-18-6-7-19-30/h3-5,8-17,22H,6-7,18-21H2,1-2H3,(H,29,32). The summed E-state index contributed by atoms with van der Waals surface area (Å²) in [5.41, 5.74) is 3.73. The highest BCUT2D eigenvalue weighted by Crippen LogP contribution is 2.26. The largest absolute Gasteiger partial charge is 0.372 e. The molecular formula is C28H33N3O3S. The Bertz CT molecular complexity index is 1220. The number of sulfonamides is 1. The topological polar surface area (TPSA) is 69.7 Å². The molecule has 1 amide bonds. The summed E-state index contributed by atoms with van der Waals surface area (Å²) in [5, 5.41) is 2.88. The van der Waals surface area contributed by atoms with Crippen LogP contribution >= 0.6 is 0 Å². The van der Waals surface area contributed by atoms with Gasteiger partial charge in [0.05, 0.1) is 10.6 Å². The number of carbonyl (C=O) groups is 1. The quantitative estimate of drug-likeness (QED) is 0.461. The number of carbonyl (C=O) groups excluding carboxylic acids is 1. The zero-order valence-corrected chi connectivity index (χ0v) is 21.2. The number of anilines is 2. The summed E-state index contributed by atoms with van der Waals surface area (Å²) in [6, 6.07) is 23.7. The van der Waals surface area contributed by atoms with Crippen molar-refractivity contribution < 1.29 is 13.2 Å². The van der Waals surface area contributed by atoms with E-state index in [-0.39, 0.29) is 17.3 Å². The Morgan fingerprint density at radius 2 is 1.54 bits per heavy atom. The Morgan fingerprint density at radius 3 is 2.14 bits per heavy atom. The Labute approximate surface area is 208 Å². The first-order valence-corrected chi connectivity index (χ1v) is 13.6. The maximum absolute atomic E-state index is 13.5. The summed E-state index contributed by atoms with van der Waals surface area (Å²) in [4.78, 5) is 15.4. The van der Waals surface area contributed by atoms with E-state index in [1.165, 1.54) is 22.8 Å². The SMILES string of the molecule is CC(C)c1ccc(N(CC(=O)NCc2ccc(N3CCCC3)cc2)S(=O)(=O)c2ccccc2)cc1. The molecule has 6 nitrogen and oxygen atoms in total. The fourth-order valence-electron chi connectivity index (χ4n) is 4.25. The fourth-order valence-corrected chi connectivity index (χ4v) is 5.69. The first-order valence-electron chi connectivity index (χ1n) is 12.1. The number of amides is 1. The average Bonchev–Trinajstić information content (AvgIpc) is 3.42. The number of hydrogen-bond donors (Lipinski definition) is 1. The van der Waals surface area contributed by atoms with E-state index in [0.29, 0.717) is 18.2 Å². The van der Waals surface area contributed by atoms with E-state index in [2.05, 4.69) is 36.2 Å². The number of nitrogens with one attached hydrogen (secondary N) is 1. The van der Waals surface area contributed by atoms with Crippen LogP contribution in [0, 0.1) is 0 Å². The lowest BCUT2D eigenvalue weighted by molar-refractivity contribution is -0.119. The fraction of sp³-hybridized carbons (Fsp3) is 0.321. The first kappa shape index (κ1) is 24.8. The predicted molar refractivity (Wildman–Crippen MR) is 141 cm³/mol. The molecule has 35 heavy (non-hydrogen) atoms. The van der Waals surface area contributed by atoms with E-state index in [1.807, 2.05) is 24.3 Å². The van der Waals surface area contributed by atoms with Gasteiger partial charge in [-0.25, -0.2) is 8.42 Å². The highest BCUT2D eigenvalue weighted by molar-refractivity contribution is 7.92. The van der Waals surface area contributed by atoms with Crippen LogP contribution in [0.2, 0.25) is 0 Å². The van der Waals surface area contributed by atoms with Crippen LogP contribution in [0.3, 0.4) is 0 Å². The van der Waals surface area contributed by atoms with Crippen LogP contribution in [0.5, 0.6) is 0 Å². The first-order chi connectivity index (χ1) is 16.8. The number of nitrogens with zero attached hydrogens (tertiary/aromatic N) is 2. The maximum Gasteiger partial charge on any atom is 0.264 e. The summed E-state index contributed by atoms with van der Waals surface area (Å²) in [6.45, 7) is 6.37. The molecule has 1 heterocycles. The second kappa shape index (κ2) is 11.0. The molecule has 0 aliphatic carbocycles. The minimum absolute atomic E-state index is 0.151. The Hall–Kier alpha value is -3.32. The second-order valence-corrected chi connectivity index (χ2v) is 11.1. The van der Waals surface area contributed by atoms with Gasteiger partial charge in [0, 0.05) is 25.3 Å². The van der Waals surface area contributed by atoms with Crippen LogP contribution in [0.15, 0.2) is 83.8 Å². The summed E-state index contributed by atoms with van der Waals surface area (Å²) in [5.74, 6) is -0.0375. The van der Waals surface area contributed by atoms with E-state index in [4.69, 9.17) is 0 Å². The molecule has 0 atom stereocenters. The molecule has 3 aromatic carbocycles. The molecule has 0 saturated carbocycles. The van der Waals surface area contributed by atoms with Crippen molar-refractivity contribution in [1.29, 1.82) is 0 Å². The number of rotatable bonds is 9. The Balaban J connectivity index is 1.48. The Kier molecular flexibility index (Phi) is 7.76. The Morgan fingerprint density at radius 1 is 0.914 bits per heavy atom. The third-order valence-electron chi connectivity index (χ3n) is 6.36. The van der Waals surface area contributed by atoms with Crippen LogP contribution in [-0.4, -0.2) is 34.0 Å². The zero-order valence-electron chi connectivity index (χ0n) is 20.4. The van der Waals surface area contributed by atoms with Crippen molar-refractivity contribution in [3.63, 3.8) is 0 Å². The molecule has 1 aliphatic rings. The average molecular weight is 492 g/mol. The predicted octanol–water partition coefficient (Wildman–Crippen LogP) is 4.92. The summed E-state index contributed by atoms with van der Waals surface area (Å²) in [6.07, 6.45) is 2.45. The molecule has 7 heteroatoms. The van der Waals surface area contributed by atoms with Crippen LogP contribution in [0.1, 0.15) is 43.7 Å². The molecule has 1 aliphatic heterocycles. The monoisotopic (exact) mass is 491 g/mol. The van der Waals surface area contributed by atoms with Gasteiger partial charge in [-0.2, -0.15) is 0 Å². The highest BCUT2D eigenvalue weighted by atomic mass is 32.2. The van der Waals surface area contributed by atoms with E-state index >= 15 is 0 Å². The van der Waals surface area contributed by atoms with E-state index in [0.717, 1.165) is 24.2 Å². The van der Waals surface area contributed by atoms with Crippen molar-refractivity contribution in [3.8, 4) is 0 Å². The molecule has 3 aromatic rings. The van der Waals surface area contributed by atoms with Crippen LogP contribution in [0.4, 0.5) is 11.4 Å². The van der Waals surface area contributed by atoms with Gasteiger partial charge in [-0.15, -0.1) is 0 Å². The van der Waals surface area contributed by atoms with E-state index < -0.39 is 10.0 Å². The normalized spacial score (nSPS) is 13.7.